The summed E-state index contributed by atoms with van der Waals surface area (Å²) < 4.78 is 5.97. The summed E-state index contributed by atoms with van der Waals surface area (Å²) in [7, 11) is 0. The Labute approximate surface area is 139 Å². The van der Waals surface area contributed by atoms with Crippen LogP contribution in [0.3, 0.4) is 0 Å². The van der Waals surface area contributed by atoms with Crippen molar-refractivity contribution in [2.45, 2.75) is 0 Å². The van der Waals surface area contributed by atoms with E-state index in [1.807, 2.05) is 30.3 Å². The number of carbonyl (C=O) groups is 1. The molecule has 23 heavy (non-hydrogen) atoms. The summed E-state index contributed by atoms with van der Waals surface area (Å²) in [5.41, 5.74) is -0.369. The number of benzene rings is 3. The van der Waals surface area contributed by atoms with Gasteiger partial charge in [0.25, 0.3) is 5.69 Å². The van der Waals surface area contributed by atoms with Crippen molar-refractivity contribution < 1.29 is 14.5 Å². The Morgan fingerprint density at radius 1 is 1.00 bits per heavy atom. The number of halogens is 1. The number of esters is 1. The normalized spacial score (nSPS) is 10.5. The van der Waals surface area contributed by atoms with Crippen molar-refractivity contribution in [2.24, 2.45) is 0 Å². The molecule has 0 atom stereocenters. The average Bonchev–Trinajstić information content (AvgIpc) is 2.57. The van der Waals surface area contributed by atoms with Gasteiger partial charge in [-0.1, -0.05) is 42.5 Å². The molecule has 0 saturated heterocycles. The molecule has 0 N–H and O–H groups in total. The van der Waals surface area contributed by atoms with Crippen LogP contribution in [0.25, 0.3) is 10.8 Å². The average molecular weight is 372 g/mol. The molecule has 0 bridgehead atoms. The summed E-state index contributed by atoms with van der Waals surface area (Å²) in [6.07, 6.45) is 0. The van der Waals surface area contributed by atoms with E-state index in [-0.39, 0.29) is 11.3 Å². The minimum Gasteiger partial charge on any atom is -0.422 e. The minimum atomic E-state index is -0.770. The molecule has 0 aliphatic carbocycles. The van der Waals surface area contributed by atoms with Crippen molar-refractivity contribution in [3.63, 3.8) is 0 Å². The van der Waals surface area contributed by atoms with E-state index < -0.39 is 10.9 Å². The highest BCUT2D eigenvalue weighted by molar-refractivity contribution is 9.10. The zero-order valence-corrected chi connectivity index (χ0v) is 13.3. The summed E-state index contributed by atoms with van der Waals surface area (Å²) in [5.74, 6) is -0.458. The number of nitro groups is 1. The molecule has 0 aliphatic heterocycles. The van der Waals surface area contributed by atoms with Crippen LogP contribution in [0.5, 0.6) is 5.75 Å². The molecule has 5 nitrogen and oxygen atoms in total. The number of para-hydroxylation sites is 1. The van der Waals surface area contributed by atoms with Gasteiger partial charge >= 0.3 is 5.97 Å². The third kappa shape index (κ3) is 2.93. The fourth-order valence-electron chi connectivity index (χ4n) is 2.25. The van der Waals surface area contributed by atoms with Crippen LogP contribution in [0.4, 0.5) is 5.69 Å². The molecule has 0 spiro atoms. The maximum atomic E-state index is 12.3. The highest BCUT2D eigenvalue weighted by Gasteiger charge is 2.22. The third-order valence-electron chi connectivity index (χ3n) is 3.35. The highest BCUT2D eigenvalue weighted by Crippen LogP contribution is 2.34. The van der Waals surface area contributed by atoms with Gasteiger partial charge in [-0.3, -0.25) is 10.1 Å². The van der Waals surface area contributed by atoms with Crippen molar-refractivity contribution in [2.75, 3.05) is 0 Å². The summed E-state index contributed by atoms with van der Waals surface area (Å²) in [6, 6.07) is 16.8. The number of carbonyl (C=O) groups excluding carboxylic acids is 1. The van der Waals surface area contributed by atoms with Gasteiger partial charge in [0.2, 0.25) is 0 Å². The van der Waals surface area contributed by atoms with Crippen molar-refractivity contribution in [1.82, 2.24) is 0 Å². The lowest BCUT2D eigenvalue weighted by molar-refractivity contribution is -0.385. The number of ether oxygens (including phenoxy) is 1. The molecule has 114 valence electrons. The fourth-order valence-corrected chi connectivity index (χ4v) is 2.83. The molecule has 3 rings (SSSR count). The molecule has 3 aromatic rings. The zero-order chi connectivity index (χ0) is 16.4. The first-order chi connectivity index (χ1) is 11.1. The van der Waals surface area contributed by atoms with E-state index in [9.17, 15) is 14.9 Å². The SMILES string of the molecule is O=C(Oc1ccc2ccccc2c1Br)c1ccccc1[N+](=O)[O-]. The number of hydrogen-bond donors (Lipinski definition) is 0. The van der Waals surface area contributed by atoms with E-state index in [0.717, 1.165) is 10.8 Å². The standard InChI is InChI=1S/C17H10BrNO4/c18-16-12-6-2-1-5-11(12)9-10-15(16)23-17(20)13-7-3-4-8-14(13)19(21)22/h1-10H. The summed E-state index contributed by atoms with van der Waals surface area (Å²) >= 11 is 3.42. The van der Waals surface area contributed by atoms with E-state index in [1.165, 1.54) is 18.2 Å². The topological polar surface area (TPSA) is 69.4 Å². The number of fused-ring (bicyclic) bond motifs is 1. The molecule has 0 aliphatic rings. The summed E-state index contributed by atoms with van der Waals surface area (Å²) in [5, 5.41) is 12.9. The van der Waals surface area contributed by atoms with E-state index >= 15 is 0 Å². The number of nitrogens with zero attached hydrogens (tertiary/aromatic N) is 1. The monoisotopic (exact) mass is 371 g/mol. The predicted octanol–water partition coefficient (Wildman–Crippen LogP) is 4.73. The second-order valence-corrected chi connectivity index (χ2v) is 5.56. The molecule has 0 fully saturated rings. The molecule has 0 unspecified atom stereocenters. The van der Waals surface area contributed by atoms with Gasteiger partial charge in [0.1, 0.15) is 11.3 Å². The Bertz CT molecular complexity index is 923. The van der Waals surface area contributed by atoms with Gasteiger partial charge in [0.05, 0.1) is 9.40 Å². The molecular weight excluding hydrogens is 362 g/mol. The molecule has 0 saturated carbocycles. The van der Waals surface area contributed by atoms with Crippen LogP contribution in [0.15, 0.2) is 65.1 Å². The number of nitro benzene ring substituents is 1. The first-order valence-electron chi connectivity index (χ1n) is 6.71. The second kappa shape index (κ2) is 6.18. The van der Waals surface area contributed by atoms with Crippen molar-refractivity contribution in [3.8, 4) is 5.75 Å². The quantitative estimate of drug-likeness (QED) is 0.289. The molecule has 0 aromatic heterocycles. The molecule has 0 radical (unpaired) electrons. The Hall–Kier alpha value is -2.73. The maximum absolute atomic E-state index is 12.3. The van der Waals surface area contributed by atoms with Crippen LogP contribution >= 0.6 is 15.9 Å². The zero-order valence-electron chi connectivity index (χ0n) is 11.7. The Morgan fingerprint density at radius 2 is 1.70 bits per heavy atom. The van der Waals surface area contributed by atoms with Crippen molar-refractivity contribution in [1.29, 1.82) is 0 Å². The molecule has 0 heterocycles. The lowest BCUT2D eigenvalue weighted by Gasteiger charge is -2.09. The van der Waals surface area contributed by atoms with Crippen molar-refractivity contribution >= 4 is 38.4 Å². The van der Waals surface area contributed by atoms with Gasteiger partial charge in [0, 0.05) is 6.07 Å². The van der Waals surface area contributed by atoms with Crippen LogP contribution in [-0.4, -0.2) is 10.9 Å². The minimum absolute atomic E-state index is 0.0856. The van der Waals surface area contributed by atoms with E-state index in [1.54, 1.807) is 12.1 Å². The van der Waals surface area contributed by atoms with Crippen LogP contribution in [0.1, 0.15) is 10.4 Å². The Balaban J connectivity index is 1.98. The number of hydrogen-bond acceptors (Lipinski definition) is 4. The van der Waals surface area contributed by atoms with Crippen LogP contribution in [0, 0.1) is 10.1 Å². The van der Waals surface area contributed by atoms with Crippen LogP contribution < -0.4 is 4.74 Å². The summed E-state index contributed by atoms with van der Waals surface area (Å²) in [4.78, 5) is 22.7. The third-order valence-corrected chi connectivity index (χ3v) is 4.17. The molecular formula is C17H10BrNO4. The molecule has 6 heteroatoms. The second-order valence-electron chi connectivity index (χ2n) is 4.76. The smallest absolute Gasteiger partial charge is 0.350 e. The summed E-state index contributed by atoms with van der Waals surface area (Å²) in [6.45, 7) is 0. The van der Waals surface area contributed by atoms with Gasteiger partial charge in [-0.15, -0.1) is 0 Å². The van der Waals surface area contributed by atoms with E-state index in [0.29, 0.717) is 10.2 Å². The van der Waals surface area contributed by atoms with Gasteiger partial charge in [-0.2, -0.15) is 0 Å². The largest absolute Gasteiger partial charge is 0.422 e. The lowest BCUT2D eigenvalue weighted by Crippen LogP contribution is -2.11. The molecule has 3 aromatic carbocycles. The van der Waals surface area contributed by atoms with Crippen LogP contribution in [-0.2, 0) is 0 Å². The van der Waals surface area contributed by atoms with Crippen molar-refractivity contribution in [3.05, 3.63) is 80.8 Å². The van der Waals surface area contributed by atoms with Gasteiger partial charge in [-0.25, -0.2) is 4.79 Å². The maximum Gasteiger partial charge on any atom is 0.350 e. The first-order valence-corrected chi connectivity index (χ1v) is 7.50. The van der Waals surface area contributed by atoms with E-state index in [4.69, 9.17) is 4.74 Å². The number of rotatable bonds is 3. The van der Waals surface area contributed by atoms with Gasteiger partial charge in [0.15, 0.2) is 0 Å². The fraction of sp³-hybridized carbons (Fsp3) is 0. The van der Waals surface area contributed by atoms with E-state index in [2.05, 4.69) is 15.9 Å². The molecule has 0 amide bonds. The predicted molar refractivity (Wildman–Crippen MR) is 89.7 cm³/mol. The van der Waals surface area contributed by atoms with Crippen LogP contribution in [0.2, 0.25) is 0 Å². The van der Waals surface area contributed by atoms with Gasteiger partial charge < -0.3 is 4.74 Å². The van der Waals surface area contributed by atoms with Gasteiger partial charge in [-0.05, 0) is 38.8 Å². The Morgan fingerprint density at radius 3 is 2.48 bits per heavy atom. The Kier molecular flexibility index (Phi) is 4.08. The highest BCUT2D eigenvalue weighted by atomic mass is 79.9. The first kappa shape index (κ1) is 15.2. The lowest BCUT2D eigenvalue weighted by atomic mass is 10.1.